The van der Waals surface area contributed by atoms with Gasteiger partial charge in [-0.05, 0) is 36.4 Å². The van der Waals surface area contributed by atoms with Gasteiger partial charge in [0.1, 0.15) is 0 Å². The van der Waals surface area contributed by atoms with E-state index >= 15 is 0 Å². The molecular weight excluding hydrogens is 376 g/mol. The maximum absolute atomic E-state index is 12.5. The highest BCUT2D eigenvalue weighted by Crippen LogP contribution is 2.30. The second-order valence-electron chi connectivity index (χ2n) is 5.56. The molecule has 0 aliphatic carbocycles. The standard InChI is InChI=1S/C21H14N2O2S2/c24-20(16-11-5-2-6-12-16)25-19(15-9-3-1-4-10-15)23-27-21-22-17-13-7-8-14-18(17)26-21/h1-14H/b23-19-. The summed E-state index contributed by atoms with van der Waals surface area (Å²) in [4.78, 5) is 17.0. The lowest BCUT2D eigenvalue weighted by Gasteiger charge is -2.07. The van der Waals surface area contributed by atoms with Crippen molar-refractivity contribution < 1.29 is 9.53 Å². The predicted molar refractivity (Wildman–Crippen MR) is 110 cm³/mol. The Hall–Kier alpha value is -2.96. The molecule has 0 bridgehead atoms. The van der Waals surface area contributed by atoms with Crippen LogP contribution in [0.15, 0.2) is 93.7 Å². The maximum Gasteiger partial charge on any atom is 0.344 e. The van der Waals surface area contributed by atoms with Crippen LogP contribution in [0.2, 0.25) is 0 Å². The zero-order valence-corrected chi connectivity index (χ0v) is 15.7. The third-order valence-electron chi connectivity index (χ3n) is 3.70. The van der Waals surface area contributed by atoms with Gasteiger partial charge < -0.3 is 4.74 Å². The summed E-state index contributed by atoms with van der Waals surface area (Å²) < 4.78 is 11.9. The number of esters is 1. The molecule has 0 saturated heterocycles. The fourth-order valence-corrected chi connectivity index (χ4v) is 4.07. The molecule has 1 heterocycles. The van der Waals surface area contributed by atoms with Crippen molar-refractivity contribution in [3.63, 3.8) is 0 Å². The van der Waals surface area contributed by atoms with Crippen molar-refractivity contribution in [2.45, 2.75) is 4.34 Å². The number of rotatable bonds is 4. The monoisotopic (exact) mass is 390 g/mol. The summed E-state index contributed by atoms with van der Waals surface area (Å²) in [5, 5.41) is 0. The molecule has 4 aromatic rings. The number of hydrogen-bond acceptors (Lipinski definition) is 6. The Kier molecular flexibility index (Phi) is 5.27. The van der Waals surface area contributed by atoms with E-state index in [4.69, 9.17) is 4.74 Å². The van der Waals surface area contributed by atoms with Crippen LogP contribution >= 0.6 is 23.3 Å². The minimum Gasteiger partial charge on any atom is -0.403 e. The molecule has 6 heteroatoms. The Balaban J connectivity index is 1.61. The van der Waals surface area contributed by atoms with Gasteiger partial charge in [0.05, 0.1) is 15.8 Å². The van der Waals surface area contributed by atoms with Gasteiger partial charge in [-0.1, -0.05) is 48.5 Å². The van der Waals surface area contributed by atoms with Crippen molar-refractivity contribution in [2.75, 3.05) is 0 Å². The van der Waals surface area contributed by atoms with Crippen LogP contribution in [-0.4, -0.2) is 16.9 Å². The van der Waals surface area contributed by atoms with E-state index in [2.05, 4.69) is 9.38 Å². The average molecular weight is 390 g/mol. The predicted octanol–water partition coefficient (Wildman–Crippen LogP) is 5.61. The third-order valence-corrected chi connectivity index (χ3v) is 5.51. The van der Waals surface area contributed by atoms with E-state index in [0.717, 1.165) is 20.1 Å². The fourth-order valence-electron chi connectivity index (χ4n) is 2.40. The number of carbonyl (C=O) groups is 1. The van der Waals surface area contributed by atoms with Gasteiger partial charge in [0, 0.05) is 17.5 Å². The van der Waals surface area contributed by atoms with Crippen molar-refractivity contribution in [1.29, 1.82) is 0 Å². The molecule has 0 amide bonds. The van der Waals surface area contributed by atoms with E-state index in [1.54, 1.807) is 35.6 Å². The molecule has 132 valence electrons. The fraction of sp³-hybridized carbons (Fsp3) is 0. The molecule has 0 fully saturated rings. The smallest absolute Gasteiger partial charge is 0.344 e. The number of thiazole rings is 1. The van der Waals surface area contributed by atoms with Crippen LogP contribution in [0.25, 0.3) is 10.2 Å². The molecule has 27 heavy (non-hydrogen) atoms. The molecule has 0 radical (unpaired) electrons. The summed E-state index contributed by atoms with van der Waals surface area (Å²) in [5.41, 5.74) is 2.14. The second kappa shape index (κ2) is 8.16. The minimum absolute atomic E-state index is 0.258. The van der Waals surface area contributed by atoms with Gasteiger partial charge >= 0.3 is 5.97 Å². The van der Waals surface area contributed by atoms with E-state index in [0.29, 0.717) is 5.56 Å². The maximum atomic E-state index is 12.5. The van der Waals surface area contributed by atoms with Gasteiger partial charge in [-0.3, -0.25) is 0 Å². The van der Waals surface area contributed by atoms with Crippen LogP contribution in [-0.2, 0) is 4.74 Å². The van der Waals surface area contributed by atoms with E-state index in [1.165, 1.54) is 11.9 Å². The highest BCUT2D eigenvalue weighted by molar-refractivity contribution is 8.00. The highest BCUT2D eigenvalue weighted by Gasteiger charge is 2.14. The molecule has 4 nitrogen and oxygen atoms in total. The molecule has 3 aromatic carbocycles. The summed E-state index contributed by atoms with van der Waals surface area (Å²) in [5.74, 6) is -0.184. The number of para-hydroxylation sites is 1. The zero-order valence-electron chi connectivity index (χ0n) is 14.1. The third kappa shape index (κ3) is 4.24. The lowest BCUT2D eigenvalue weighted by molar-refractivity contribution is 0.0718. The average Bonchev–Trinajstić information content (AvgIpc) is 3.15. The van der Waals surface area contributed by atoms with Crippen LogP contribution in [0.5, 0.6) is 0 Å². The minimum atomic E-state index is -0.442. The van der Waals surface area contributed by atoms with Crippen molar-refractivity contribution >= 4 is 45.4 Å². The molecule has 0 aliphatic heterocycles. The first kappa shape index (κ1) is 17.5. The SMILES string of the molecule is O=C(O/C(=N\Sc1nc2ccccc2s1)c1ccccc1)c1ccccc1. The normalized spacial score (nSPS) is 11.5. The first-order chi connectivity index (χ1) is 13.3. The van der Waals surface area contributed by atoms with Crippen LogP contribution in [0.4, 0.5) is 0 Å². The van der Waals surface area contributed by atoms with Gasteiger partial charge in [-0.15, -0.1) is 11.3 Å². The Bertz CT molecular complexity index is 1060. The molecule has 4 rings (SSSR count). The molecule has 0 atom stereocenters. The second-order valence-corrected chi connectivity index (χ2v) is 7.60. The number of aromatic nitrogens is 1. The van der Waals surface area contributed by atoms with Gasteiger partial charge in [-0.2, -0.15) is 4.40 Å². The van der Waals surface area contributed by atoms with E-state index in [-0.39, 0.29) is 5.90 Å². The Morgan fingerprint density at radius 2 is 1.48 bits per heavy atom. The Labute approximate surface area is 164 Å². The van der Waals surface area contributed by atoms with Gasteiger partial charge in [-0.25, -0.2) is 9.78 Å². The van der Waals surface area contributed by atoms with Crippen LogP contribution < -0.4 is 0 Å². The zero-order chi connectivity index (χ0) is 18.5. The van der Waals surface area contributed by atoms with Crippen LogP contribution in [0.3, 0.4) is 0 Å². The van der Waals surface area contributed by atoms with Crippen molar-refractivity contribution in [3.8, 4) is 0 Å². The highest BCUT2D eigenvalue weighted by atomic mass is 32.2. The Morgan fingerprint density at radius 1 is 0.852 bits per heavy atom. The van der Waals surface area contributed by atoms with Crippen molar-refractivity contribution in [1.82, 2.24) is 4.98 Å². The van der Waals surface area contributed by atoms with E-state index in [1.807, 2.05) is 60.7 Å². The van der Waals surface area contributed by atoms with Gasteiger partial charge in [0.2, 0.25) is 5.90 Å². The molecule has 0 unspecified atom stereocenters. The van der Waals surface area contributed by atoms with Crippen LogP contribution in [0.1, 0.15) is 15.9 Å². The molecule has 0 saturated carbocycles. The summed E-state index contributed by atoms with van der Waals surface area (Å²) in [6.45, 7) is 0. The van der Waals surface area contributed by atoms with Gasteiger partial charge in [0.25, 0.3) is 0 Å². The summed E-state index contributed by atoms with van der Waals surface area (Å²) in [7, 11) is 0. The van der Waals surface area contributed by atoms with E-state index < -0.39 is 5.97 Å². The lowest BCUT2D eigenvalue weighted by atomic mass is 10.2. The van der Waals surface area contributed by atoms with E-state index in [9.17, 15) is 4.79 Å². The lowest BCUT2D eigenvalue weighted by Crippen LogP contribution is -2.13. The number of hydrogen-bond donors (Lipinski definition) is 0. The molecule has 1 aromatic heterocycles. The number of nitrogens with zero attached hydrogens (tertiary/aromatic N) is 2. The Morgan fingerprint density at radius 3 is 2.19 bits per heavy atom. The summed E-state index contributed by atoms with van der Waals surface area (Å²) >= 11 is 2.76. The first-order valence-corrected chi connectivity index (χ1v) is 9.82. The molecule has 0 aliphatic rings. The largest absolute Gasteiger partial charge is 0.403 e. The molecular formula is C21H14N2O2S2. The van der Waals surface area contributed by atoms with Crippen molar-refractivity contribution in [2.24, 2.45) is 4.40 Å². The number of benzene rings is 3. The summed E-state index contributed by atoms with van der Waals surface area (Å²) in [6.07, 6.45) is 0. The quantitative estimate of drug-likeness (QED) is 0.197. The first-order valence-electron chi connectivity index (χ1n) is 8.23. The van der Waals surface area contributed by atoms with Crippen molar-refractivity contribution in [3.05, 3.63) is 96.1 Å². The molecule has 0 N–H and O–H groups in total. The molecule has 0 spiro atoms. The van der Waals surface area contributed by atoms with Crippen LogP contribution in [0, 0.1) is 0 Å². The summed E-state index contributed by atoms with van der Waals surface area (Å²) in [6, 6.07) is 26.2. The number of carbonyl (C=O) groups excluding carboxylic acids is 1. The number of fused-ring (bicyclic) bond motifs is 1. The number of ether oxygens (including phenoxy) is 1. The van der Waals surface area contributed by atoms with Gasteiger partial charge in [0.15, 0.2) is 4.34 Å². The topological polar surface area (TPSA) is 51.5 Å².